The highest BCUT2D eigenvalue weighted by atomic mass is 79.9. The van der Waals surface area contributed by atoms with Crippen molar-refractivity contribution in [3.8, 4) is 0 Å². The van der Waals surface area contributed by atoms with Crippen LogP contribution in [-0.2, 0) is 11.3 Å². The van der Waals surface area contributed by atoms with Gasteiger partial charge in [-0.25, -0.2) is 9.97 Å². The molecule has 1 fully saturated rings. The fraction of sp³-hybridized carbons (Fsp3) is 0.300. The van der Waals surface area contributed by atoms with Crippen LogP contribution in [0.4, 0.5) is 5.69 Å². The predicted molar refractivity (Wildman–Crippen MR) is 108 cm³/mol. The van der Waals surface area contributed by atoms with Crippen molar-refractivity contribution in [1.82, 2.24) is 20.3 Å². The summed E-state index contributed by atoms with van der Waals surface area (Å²) >= 11 is 3.46. The summed E-state index contributed by atoms with van der Waals surface area (Å²) in [6.45, 7) is 2.16. The molecule has 0 saturated carbocycles. The predicted octanol–water partition coefficient (Wildman–Crippen LogP) is 3.32. The summed E-state index contributed by atoms with van der Waals surface area (Å²) in [5.41, 5.74) is 3.49. The second-order valence-corrected chi connectivity index (χ2v) is 7.64. The van der Waals surface area contributed by atoms with Gasteiger partial charge in [0.05, 0.1) is 17.8 Å². The number of pyridine rings is 1. The molecule has 1 aliphatic heterocycles. The van der Waals surface area contributed by atoms with E-state index < -0.39 is 0 Å². The maximum Gasteiger partial charge on any atom is 0.225 e. The summed E-state index contributed by atoms with van der Waals surface area (Å²) in [6, 6.07) is 9.99. The van der Waals surface area contributed by atoms with Crippen molar-refractivity contribution < 1.29 is 4.79 Å². The molecule has 0 spiro atoms. The zero-order chi connectivity index (χ0) is 18.6. The standard InChI is InChI=1S/C20H20BrN5O/c21-16-5-1-3-14(9-16)11-25-20(27)15-4-2-8-26(13-15)17-10-18-19(24-12-17)23-7-6-22-18/h1,3,5-7,9-10,12,15H,2,4,8,11,13H2,(H,25,27). The minimum atomic E-state index is -0.0246. The van der Waals surface area contributed by atoms with E-state index in [4.69, 9.17) is 0 Å². The Bertz CT molecular complexity index is 964. The lowest BCUT2D eigenvalue weighted by atomic mass is 9.96. The van der Waals surface area contributed by atoms with Gasteiger partial charge in [0.2, 0.25) is 5.91 Å². The average molecular weight is 426 g/mol. The Labute approximate surface area is 166 Å². The van der Waals surface area contributed by atoms with Crippen molar-refractivity contribution in [2.75, 3.05) is 18.0 Å². The Kier molecular flexibility index (Phi) is 5.29. The highest BCUT2D eigenvalue weighted by molar-refractivity contribution is 9.10. The van der Waals surface area contributed by atoms with Gasteiger partial charge in [-0.3, -0.25) is 9.78 Å². The molecule has 1 unspecified atom stereocenters. The molecule has 3 heterocycles. The van der Waals surface area contributed by atoms with E-state index in [1.54, 1.807) is 12.4 Å². The number of aromatic nitrogens is 3. The lowest BCUT2D eigenvalue weighted by Gasteiger charge is -2.33. The maximum absolute atomic E-state index is 12.7. The minimum absolute atomic E-state index is 0.0246. The van der Waals surface area contributed by atoms with E-state index in [1.165, 1.54) is 0 Å². The SMILES string of the molecule is O=C(NCc1cccc(Br)c1)C1CCCN(c2cnc3nccnc3c2)C1. The van der Waals surface area contributed by atoms with Gasteiger partial charge in [-0.05, 0) is 36.6 Å². The first kappa shape index (κ1) is 17.9. The van der Waals surface area contributed by atoms with E-state index in [0.29, 0.717) is 18.7 Å². The fourth-order valence-electron chi connectivity index (χ4n) is 3.43. The molecule has 3 aromatic rings. The third-order valence-corrected chi connectivity index (χ3v) is 5.32. The number of fused-ring (bicyclic) bond motifs is 1. The molecule has 27 heavy (non-hydrogen) atoms. The number of rotatable bonds is 4. The molecule has 0 bridgehead atoms. The average Bonchev–Trinajstić information content (AvgIpc) is 2.72. The van der Waals surface area contributed by atoms with Crippen LogP contribution in [0, 0.1) is 5.92 Å². The molecule has 0 aliphatic carbocycles. The van der Waals surface area contributed by atoms with Crippen LogP contribution in [-0.4, -0.2) is 33.9 Å². The van der Waals surface area contributed by atoms with Gasteiger partial charge in [0.15, 0.2) is 5.65 Å². The van der Waals surface area contributed by atoms with Crippen LogP contribution in [0.15, 0.2) is 53.4 Å². The van der Waals surface area contributed by atoms with Crippen LogP contribution >= 0.6 is 15.9 Å². The molecule has 1 N–H and O–H groups in total. The Morgan fingerprint density at radius 1 is 1.22 bits per heavy atom. The topological polar surface area (TPSA) is 71.0 Å². The van der Waals surface area contributed by atoms with Crippen LogP contribution in [0.2, 0.25) is 0 Å². The van der Waals surface area contributed by atoms with Gasteiger partial charge in [0.25, 0.3) is 0 Å². The van der Waals surface area contributed by atoms with E-state index in [1.807, 2.05) is 36.5 Å². The third kappa shape index (κ3) is 4.24. The summed E-state index contributed by atoms with van der Waals surface area (Å²) in [5.74, 6) is 0.0803. The Hall–Kier alpha value is -2.54. The molecule has 6 nitrogen and oxygen atoms in total. The van der Waals surface area contributed by atoms with Crippen LogP contribution in [0.5, 0.6) is 0 Å². The van der Waals surface area contributed by atoms with Gasteiger partial charge in [0.1, 0.15) is 5.52 Å². The van der Waals surface area contributed by atoms with E-state index in [-0.39, 0.29) is 11.8 Å². The zero-order valence-corrected chi connectivity index (χ0v) is 16.4. The summed E-state index contributed by atoms with van der Waals surface area (Å²) in [5, 5.41) is 3.07. The highest BCUT2D eigenvalue weighted by Gasteiger charge is 2.26. The van der Waals surface area contributed by atoms with Crippen LogP contribution in [0.3, 0.4) is 0 Å². The zero-order valence-electron chi connectivity index (χ0n) is 14.8. The number of carbonyl (C=O) groups is 1. The van der Waals surface area contributed by atoms with E-state index >= 15 is 0 Å². The molecule has 7 heteroatoms. The van der Waals surface area contributed by atoms with Crippen molar-refractivity contribution in [3.63, 3.8) is 0 Å². The number of anilines is 1. The monoisotopic (exact) mass is 425 g/mol. The number of hydrogen-bond donors (Lipinski definition) is 1. The summed E-state index contributed by atoms with van der Waals surface area (Å²) in [4.78, 5) is 27.8. The number of carbonyl (C=O) groups excluding carboxylic acids is 1. The van der Waals surface area contributed by atoms with Gasteiger partial charge < -0.3 is 10.2 Å². The van der Waals surface area contributed by atoms with Crippen molar-refractivity contribution in [2.24, 2.45) is 5.92 Å². The van der Waals surface area contributed by atoms with E-state index in [0.717, 1.165) is 40.6 Å². The lowest BCUT2D eigenvalue weighted by Crippen LogP contribution is -2.43. The van der Waals surface area contributed by atoms with E-state index in [2.05, 4.69) is 41.1 Å². The number of halogens is 1. The summed E-state index contributed by atoms with van der Waals surface area (Å²) in [6.07, 6.45) is 7.01. The molecule has 138 valence electrons. The second-order valence-electron chi connectivity index (χ2n) is 6.73. The van der Waals surface area contributed by atoms with Crippen LogP contribution in [0.25, 0.3) is 11.2 Å². The van der Waals surface area contributed by atoms with Gasteiger partial charge >= 0.3 is 0 Å². The Balaban J connectivity index is 1.41. The lowest BCUT2D eigenvalue weighted by molar-refractivity contribution is -0.125. The molecule has 1 amide bonds. The maximum atomic E-state index is 12.7. The molecule has 1 aromatic carbocycles. The van der Waals surface area contributed by atoms with Crippen molar-refractivity contribution >= 4 is 38.7 Å². The molecule has 1 aliphatic rings. The molecule has 1 saturated heterocycles. The van der Waals surface area contributed by atoms with Gasteiger partial charge in [-0.2, -0.15) is 0 Å². The molecular weight excluding hydrogens is 406 g/mol. The first-order chi connectivity index (χ1) is 13.2. The largest absolute Gasteiger partial charge is 0.369 e. The number of piperidine rings is 1. The van der Waals surface area contributed by atoms with Crippen LogP contribution < -0.4 is 10.2 Å². The molecular formula is C20H20BrN5O. The number of benzene rings is 1. The third-order valence-electron chi connectivity index (χ3n) is 4.82. The number of nitrogens with one attached hydrogen (secondary N) is 1. The number of amides is 1. The Morgan fingerprint density at radius 2 is 2.11 bits per heavy atom. The molecule has 2 aromatic heterocycles. The van der Waals surface area contributed by atoms with Gasteiger partial charge in [-0.1, -0.05) is 28.1 Å². The van der Waals surface area contributed by atoms with Crippen LogP contribution in [0.1, 0.15) is 18.4 Å². The number of nitrogens with zero attached hydrogens (tertiary/aromatic N) is 4. The fourth-order valence-corrected chi connectivity index (χ4v) is 3.87. The van der Waals surface area contributed by atoms with Gasteiger partial charge in [0, 0.05) is 36.5 Å². The smallest absolute Gasteiger partial charge is 0.225 e. The highest BCUT2D eigenvalue weighted by Crippen LogP contribution is 2.24. The molecule has 0 radical (unpaired) electrons. The van der Waals surface area contributed by atoms with E-state index in [9.17, 15) is 4.79 Å². The quantitative estimate of drug-likeness (QED) is 0.693. The van der Waals surface area contributed by atoms with Crippen molar-refractivity contribution in [1.29, 1.82) is 0 Å². The van der Waals surface area contributed by atoms with Crippen molar-refractivity contribution in [2.45, 2.75) is 19.4 Å². The normalized spacial score (nSPS) is 17.1. The Morgan fingerprint density at radius 3 is 3.00 bits per heavy atom. The molecule has 1 atom stereocenters. The van der Waals surface area contributed by atoms with Crippen molar-refractivity contribution in [3.05, 3.63) is 59.0 Å². The summed E-state index contributed by atoms with van der Waals surface area (Å²) < 4.78 is 1.02. The second kappa shape index (κ2) is 8.00. The number of hydrogen-bond acceptors (Lipinski definition) is 5. The first-order valence-electron chi connectivity index (χ1n) is 9.03. The first-order valence-corrected chi connectivity index (χ1v) is 9.82. The minimum Gasteiger partial charge on any atom is -0.369 e. The van der Waals surface area contributed by atoms with Gasteiger partial charge in [-0.15, -0.1) is 0 Å². The molecule has 4 rings (SSSR count). The summed E-state index contributed by atoms with van der Waals surface area (Å²) in [7, 11) is 0.